The molecule has 1 aliphatic carbocycles. The van der Waals surface area contributed by atoms with Gasteiger partial charge in [-0.1, -0.05) is 19.2 Å². The summed E-state index contributed by atoms with van der Waals surface area (Å²) in [5.74, 6) is 1.32. The number of rotatable bonds is 7. The van der Waals surface area contributed by atoms with Crippen LogP contribution in [0.1, 0.15) is 46.3 Å². The molecule has 0 spiro atoms. The molecule has 3 rings (SSSR count). The van der Waals surface area contributed by atoms with Crippen molar-refractivity contribution in [2.45, 2.75) is 39.2 Å². The van der Waals surface area contributed by atoms with Gasteiger partial charge in [-0.25, -0.2) is 0 Å². The van der Waals surface area contributed by atoms with Crippen LogP contribution >= 0.6 is 11.3 Å². The average Bonchev–Trinajstić information content (AvgIpc) is 3.02. The second-order valence-electron chi connectivity index (χ2n) is 6.94. The predicted octanol–water partition coefficient (Wildman–Crippen LogP) is 4.75. The molecule has 0 radical (unpaired) electrons. The normalized spacial score (nSPS) is 17.6. The maximum absolute atomic E-state index is 11.9. The van der Waals surface area contributed by atoms with Crippen LogP contribution in [0.3, 0.4) is 0 Å². The predicted molar refractivity (Wildman–Crippen MR) is 113 cm³/mol. The fraction of sp³-hybridized carbons (Fsp3) is 0.409. The zero-order valence-corrected chi connectivity index (χ0v) is 17.5. The van der Waals surface area contributed by atoms with E-state index in [1.165, 1.54) is 11.3 Å². The molecule has 5 nitrogen and oxygen atoms in total. The number of aryl methyl sites for hydroxylation is 1. The monoisotopic (exact) mass is 401 g/mol. The second kappa shape index (κ2) is 8.80. The van der Waals surface area contributed by atoms with Crippen LogP contribution in [-0.4, -0.2) is 32.2 Å². The van der Waals surface area contributed by atoms with E-state index in [4.69, 9.17) is 14.2 Å². The van der Waals surface area contributed by atoms with Crippen molar-refractivity contribution < 1.29 is 19.0 Å². The van der Waals surface area contributed by atoms with Gasteiger partial charge in [0.2, 0.25) is 0 Å². The van der Waals surface area contributed by atoms with Crippen molar-refractivity contribution >= 4 is 22.8 Å². The molecule has 1 saturated heterocycles. The van der Waals surface area contributed by atoms with Gasteiger partial charge >= 0.3 is 0 Å². The minimum absolute atomic E-state index is 0.0160. The van der Waals surface area contributed by atoms with Crippen molar-refractivity contribution in [3.63, 3.8) is 0 Å². The Bertz CT molecular complexity index is 856. The van der Waals surface area contributed by atoms with Crippen LogP contribution in [0.2, 0.25) is 0 Å². The quantitative estimate of drug-likeness (QED) is 0.668. The lowest BCUT2D eigenvalue weighted by atomic mass is 10.0. The third-order valence-electron chi connectivity index (χ3n) is 4.82. The summed E-state index contributed by atoms with van der Waals surface area (Å²) >= 11 is 1.42. The Morgan fingerprint density at radius 2 is 2.07 bits per heavy atom. The summed E-state index contributed by atoms with van der Waals surface area (Å²) in [4.78, 5) is 13.5. The molecule has 1 fully saturated rings. The fourth-order valence-corrected chi connectivity index (χ4v) is 4.45. The highest BCUT2D eigenvalue weighted by atomic mass is 32.1. The van der Waals surface area contributed by atoms with Crippen molar-refractivity contribution in [2.75, 3.05) is 20.3 Å². The molecule has 1 aromatic rings. The molecule has 150 valence electrons. The number of ether oxygens (including phenoxy) is 3. The molecule has 2 heterocycles. The van der Waals surface area contributed by atoms with E-state index in [2.05, 4.69) is 18.5 Å². The zero-order valence-electron chi connectivity index (χ0n) is 16.7. The molecule has 28 heavy (non-hydrogen) atoms. The van der Waals surface area contributed by atoms with Crippen LogP contribution in [0.25, 0.3) is 5.70 Å². The van der Waals surface area contributed by atoms with Gasteiger partial charge in [-0.05, 0) is 25.0 Å². The van der Waals surface area contributed by atoms with Crippen LogP contribution in [0.5, 0.6) is 5.75 Å². The van der Waals surface area contributed by atoms with Crippen LogP contribution in [0.4, 0.5) is 0 Å². The van der Waals surface area contributed by atoms with E-state index in [-0.39, 0.29) is 11.9 Å². The van der Waals surface area contributed by atoms with E-state index in [9.17, 15) is 4.79 Å². The van der Waals surface area contributed by atoms with E-state index in [0.29, 0.717) is 16.3 Å². The highest BCUT2D eigenvalue weighted by molar-refractivity contribution is 7.14. The molecule has 1 aliphatic heterocycles. The Morgan fingerprint density at radius 1 is 1.36 bits per heavy atom. The van der Waals surface area contributed by atoms with Crippen molar-refractivity contribution in [1.29, 1.82) is 0 Å². The maximum Gasteiger partial charge on any atom is 0.173 e. The number of hydrogen-bond donors (Lipinski definition) is 1. The molecule has 0 amide bonds. The number of carbonyl (C=O) groups excluding carboxylic acids is 1. The molecule has 0 saturated carbocycles. The van der Waals surface area contributed by atoms with Crippen LogP contribution < -0.4 is 10.1 Å². The summed E-state index contributed by atoms with van der Waals surface area (Å²) < 4.78 is 17.2. The Labute approximate surface area is 170 Å². The number of carbonyl (C=O) groups is 1. The van der Waals surface area contributed by atoms with Crippen LogP contribution in [0.15, 0.2) is 42.3 Å². The topological polar surface area (TPSA) is 56.8 Å². The number of methoxy groups -OCH3 is 1. The first-order chi connectivity index (χ1) is 13.4. The lowest BCUT2D eigenvalue weighted by Crippen LogP contribution is -2.26. The molecule has 1 N–H and O–H groups in total. The highest BCUT2D eigenvalue weighted by Crippen LogP contribution is 2.39. The molecule has 1 aromatic heterocycles. The van der Waals surface area contributed by atoms with Gasteiger partial charge in [0, 0.05) is 30.3 Å². The standard InChI is InChI=1S/C22H27NO4S/c1-13-7-6-8-18(20(13)27-17-9-11-26-12-10-17)23-14(2)19-16(4)28-22(15(3)24)21(19)25-5/h6,8,17,23H,1-2,7,9-12H2,3-5H3. The lowest BCUT2D eigenvalue weighted by molar-refractivity contribution is -0.00279. The van der Waals surface area contributed by atoms with Gasteiger partial charge in [0.15, 0.2) is 5.78 Å². The number of hydrogen-bond acceptors (Lipinski definition) is 6. The SMILES string of the molecule is C=C1CC=CC(NC(=C)c2c(C)sc(C(C)=O)c2OC)=C1OC1CCOCC1. The Morgan fingerprint density at radius 3 is 2.71 bits per heavy atom. The first kappa shape index (κ1) is 20.4. The average molecular weight is 402 g/mol. The number of thiophene rings is 1. The van der Waals surface area contributed by atoms with Crippen molar-refractivity contribution in [2.24, 2.45) is 0 Å². The lowest BCUT2D eigenvalue weighted by Gasteiger charge is -2.28. The third-order valence-corrected chi connectivity index (χ3v) is 6.01. The second-order valence-corrected chi connectivity index (χ2v) is 8.16. The van der Waals surface area contributed by atoms with E-state index >= 15 is 0 Å². The summed E-state index contributed by atoms with van der Waals surface area (Å²) in [6.45, 7) is 13.3. The molecule has 0 unspecified atom stereocenters. The van der Waals surface area contributed by atoms with Gasteiger partial charge in [0.25, 0.3) is 0 Å². The molecule has 6 heteroatoms. The van der Waals surface area contributed by atoms with Gasteiger partial charge in [-0.15, -0.1) is 11.3 Å². The molecular weight excluding hydrogens is 374 g/mol. The van der Waals surface area contributed by atoms with Crippen molar-refractivity contribution in [3.05, 3.63) is 57.7 Å². The summed E-state index contributed by atoms with van der Waals surface area (Å²) in [5.41, 5.74) is 3.24. The number of ketones is 1. The Kier molecular flexibility index (Phi) is 6.42. The van der Waals surface area contributed by atoms with Crippen molar-refractivity contribution in [1.82, 2.24) is 5.32 Å². The van der Waals surface area contributed by atoms with E-state index in [1.54, 1.807) is 14.0 Å². The minimum atomic E-state index is -0.0160. The van der Waals surface area contributed by atoms with Crippen LogP contribution in [-0.2, 0) is 9.47 Å². The van der Waals surface area contributed by atoms with Gasteiger partial charge < -0.3 is 19.5 Å². The van der Waals surface area contributed by atoms with Gasteiger partial charge in [0.05, 0.1) is 31.6 Å². The van der Waals surface area contributed by atoms with Crippen LogP contribution in [0, 0.1) is 6.92 Å². The van der Waals surface area contributed by atoms with E-state index in [1.807, 2.05) is 19.1 Å². The third kappa shape index (κ3) is 4.23. The zero-order chi connectivity index (χ0) is 20.3. The fourth-order valence-electron chi connectivity index (χ4n) is 3.41. The first-order valence-corrected chi connectivity index (χ1v) is 10.2. The smallest absolute Gasteiger partial charge is 0.173 e. The van der Waals surface area contributed by atoms with Gasteiger partial charge in [0.1, 0.15) is 22.5 Å². The highest BCUT2D eigenvalue weighted by Gasteiger charge is 2.24. The van der Waals surface area contributed by atoms with Crippen molar-refractivity contribution in [3.8, 4) is 5.75 Å². The summed E-state index contributed by atoms with van der Waals surface area (Å²) in [7, 11) is 1.58. The maximum atomic E-state index is 11.9. The van der Waals surface area contributed by atoms with Gasteiger partial charge in [-0.2, -0.15) is 0 Å². The molecule has 0 aromatic carbocycles. The Hall–Kier alpha value is -2.31. The summed E-state index contributed by atoms with van der Waals surface area (Å²) in [5, 5.41) is 3.37. The number of nitrogens with one attached hydrogen (secondary N) is 1. The molecule has 2 aliphatic rings. The van der Waals surface area contributed by atoms with Gasteiger partial charge in [-0.3, -0.25) is 4.79 Å². The van der Waals surface area contributed by atoms with E-state index < -0.39 is 0 Å². The molecule has 0 atom stereocenters. The summed E-state index contributed by atoms with van der Waals surface area (Å²) in [6.07, 6.45) is 6.66. The number of Topliss-reactive ketones (excluding diaryl/α,β-unsaturated/α-hetero) is 1. The molecule has 0 bridgehead atoms. The Balaban J connectivity index is 1.88. The molecular formula is C22H27NO4S. The number of allylic oxidation sites excluding steroid dienone is 3. The van der Waals surface area contributed by atoms with E-state index in [0.717, 1.165) is 59.9 Å². The summed E-state index contributed by atoms with van der Waals surface area (Å²) in [6, 6.07) is 0. The first-order valence-electron chi connectivity index (χ1n) is 9.40. The largest absolute Gasteiger partial charge is 0.494 e. The minimum Gasteiger partial charge on any atom is -0.494 e.